The molecule has 1 rings (SSSR count). The van der Waals surface area contributed by atoms with E-state index in [0.29, 0.717) is 0 Å². The third-order valence-electron chi connectivity index (χ3n) is 1.42. The Morgan fingerprint density at radius 2 is 2.00 bits per heavy atom. The first kappa shape index (κ1) is 10.6. The van der Waals surface area contributed by atoms with Gasteiger partial charge in [0.05, 0.1) is 7.11 Å². The predicted molar refractivity (Wildman–Crippen MR) is 43.1 cm³/mol. The molecule has 0 bridgehead atoms. The van der Waals surface area contributed by atoms with Gasteiger partial charge in [-0.05, 0) is 0 Å². The number of hydrogen-bond acceptors (Lipinski definition) is 4. The van der Waals surface area contributed by atoms with Gasteiger partial charge >= 0.3 is 6.18 Å². The van der Waals surface area contributed by atoms with Crippen molar-refractivity contribution >= 4 is 5.82 Å². The number of methoxy groups -OCH3 is 1. The number of hydrogen-bond donors (Lipinski definition) is 1. The third-order valence-corrected chi connectivity index (χ3v) is 1.42. The summed E-state index contributed by atoms with van der Waals surface area (Å²) in [6.45, 7) is 0. The van der Waals surface area contributed by atoms with Crippen molar-refractivity contribution in [2.75, 3.05) is 19.5 Å². The van der Waals surface area contributed by atoms with Gasteiger partial charge in [-0.25, -0.2) is 4.98 Å². The van der Waals surface area contributed by atoms with Crippen LogP contribution in [0.15, 0.2) is 6.07 Å². The summed E-state index contributed by atoms with van der Waals surface area (Å²) >= 11 is 0. The molecule has 1 heterocycles. The minimum absolute atomic E-state index is 0.0594. The van der Waals surface area contributed by atoms with E-state index in [0.717, 1.165) is 0 Å². The van der Waals surface area contributed by atoms with Gasteiger partial charge in [0.15, 0.2) is 0 Å². The summed E-state index contributed by atoms with van der Waals surface area (Å²) in [5.74, 6) is -1.29. The van der Waals surface area contributed by atoms with Gasteiger partial charge in [-0.2, -0.15) is 18.2 Å². The maximum atomic E-state index is 12.2. The summed E-state index contributed by atoms with van der Waals surface area (Å²) < 4.78 is 41.2. The first-order chi connectivity index (χ1) is 6.47. The standard InChI is InChI=1S/C7H8F3N3O/c1-11-4-3-5(14-2)13-6(12-4)7(8,9)10/h3H,1-2H3,(H,11,12,13). The van der Waals surface area contributed by atoms with Gasteiger partial charge in [-0.1, -0.05) is 0 Å². The van der Waals surface area contributed by atoms with E-state index in [2.05, 4.69) is 20.0 Å². The molecular weight excluding hydrogens is 199 g/mol. The Morgan fingerprint density at radius 1 is 1.36 bits per heavy atom. The summed E-state index contributed by atoms with van der Waals surface area (Å²) in [5, 5.41) is 2.48. The number of nitrogens with one attached hydrogen (secondary N) is 1. The van der Waals surface area contributed by atoms with Gasteiger partial charge in [-0.3, -0.25) is 0 Å². The molecule has 0 radical (unpaired) electrons. The molecule has 78 valence electrons. The largest absolute Gasteiger partial charge is 0.481 e. The van der Waals surface area contributed by atoms with E-state index in [1.165, 1.54) is 20.2 Å². The van der Waals surface area contributed by atoms with Crippen LogP contribution in [-0.2, 0) is 6.18 Å². The maximum Gasteiger partial charge on any atom is 0.451 e. The second-order valence-corrected chi connectivity index (χ2v) is 2.37. The van der Waals surface area contributed by atoms with Crippen molar-refractivity contribution in [2.45, 2.75) is 6.18 Å². The third kappa shape index (κ3) is 2.24. The molecular formula is C7H8F3N3O. The Balaban J connectivity index is 3.17. The Labute approximate surface area is 78.1 Å². The molecule has 0 spiro atoms. The van der Waals surface area contributed by atoms with Gasteiger partial charge in [0.1, 0.15) is 5.82 Å². The van der Waals surface area contributed by atoms with Crippen LogP contribution in [0.3, 0.4) is 0 Å². The summed E-state index contributed by atoms with van der Waals surface area (Å²) in [4.78, 5) is 6.42. The highest BCUT2D eigenvalue weighted by Crippen LogP contribution is 2.28. The second kappa shape index (κ2) is 3.69. The van der Waals surface area contributed by atoms with Crippen molar-refractivity contribution in [2.24, 2.45) is 0 Å². The van der Waals surface area contributed by atoms with E-state index in [1.807, 2.05) is 0 Å². The maximum absolute atomic E-state index is 12.2. The number of halogens is 3. The molecule has 0 aliphatic carbocycles. The average molecular weight is 207 g/mol. The van der Waals surface area contributed by atoms with E-state index in [-0.39, 0.29) is 11.7 Å². The lowest BCUT2D eigenvalue weighted by Crippen LogP contribution is -2.12. The highest BCUT2D eigenvalue weighted by atomic mass is 19.4. The van der Waals surface area contributed by atoms with Crippen molar-refractivity contribution < 1.29 is 17.9 Å². The average Bonchev–Trinajstić information content (AvgIpc) is 2.15. The van der Waals surface area contributed by atoms with E-state index in [1.54, 1.807) is 0 Å². The van der Waals surface area contributed by atoms with Crippen molar-refractivity contribution in [1.82, 2.24) is 9.97 Å². The second-order valence-electron chi connectivity index (χ2n) is 2.37. The fourth-order valence-corrected chi connectivity index (χ4v) is 0.784. The Bertz CT molecular complexity index is 304. The molecule has 0 aromatic carbocycles. The van der Waals surface area contributed by atoms with E-state index < -0.39 is 12.0 Å². The first-order valence-electron chi connectivity index (χ1n) is 3.65. The highest BCUT2D eigenvalue weighted by molar-refractivity contribution is 5.37. The van der Waals surface area contributed by atoms with Crippen molar-refractivity contribution in [3.05, 3.63) is 11.9 Å². The van der Waals surface area contributed by atoms with Crippen LogP contribution in [0.1, 0.15) is 5.82 Å². The zero-order valence-electron chi connectivity index (χ0n) is 7.51. The number of aromatic nitrogens is 2. The summed E-state index contributed by atoms with van der Waals surface area (Å²) in [5.41, 5.74) is 0. The van der Waals surface area contributed by atoms with Gasteiger partial charge in [0.2, 0.25) is 11.7 Å². The molecule has 14 heavy (non-hydrogen) atoms. The minimum Gasteiger partial charge on any atom is -0.481 e. The molecule has 0 saturated carbocycles. The number of rotatable bonds is 2. The first-order valence-corrected chi connectivity index (χ1v) is 3.65. The lowest BCUT2D eigenvalue weighted by molar-refractivity contribution is -0.145. The number of alkyl halides is 3. The van der Waals surface area contributed by atoms with Crippen LogP contribution in [0.25, 0.3) is 0 Å². The van der Waals surface area contributed by atoms with E-state index >= 15 is 0 Å². The molecule has 4 nitrogen and oxygen atoms in total. The van der Waals surface area contributed by atoms with Gasteiger partial charge in [0, 0.05) is 13.1 Å². The van der Waals surface area contributed by atoms with Crippen LogP contribution in [0.4, 0.5) is 19.0 Å². The molecule has 0 fully saturated rings. The summed E-state index contributed by atoms with van der Waals surface area (Å²) in [6, 6.07) is 1.27. The lowest BCUT2D eigenvalue weighted by atomic mass is 10.5. The SMILES string of the molecule is CNc1cc(OC)nc(C(F)(F)F)n1. The van der Waals surface area contributed by atoms with Crippen molar-refractivity contribution in [3.8, 4) is 5.88 Å². The topological polar surface area (TPSA) is 47.0 Å². The Morgan fingerprint density at radius 3 is 2.43 bits per heavy atom. The Hall–Kier alpha value is -1.53. The smallest absolute Gasteiger partial charge is 0.451 e. The van der Waals surface area contributed by atoms with Crippen molar-refractivity contribution in [3.63, 3.8) is 0 Å². The zero-order chi connectivity index (χ0) is 10.8. The molecule has 7 heteroatoms. The number of nitrogens with zero attached hydrogens (tertiary/aromatic N) is 2. The normalized spacial score (nSPS) is 11.2. The lowest BCUT2D eigenvalue weighted by Gasteiger charge is -2.08. The molecule has 0 saturated heterocycles. The quantitative estimate of drug-likeness (QED) is 0.799. The van der Waals surface area contributed by atoms with Gasteiger partial charge < -0.3 is 10.1 Å². The predicted octanol–water partition coefficient (Wildman–Crippen LogP) is 1.55. The van der Waals surface area contributed by atoms with Crippen LogP contribution < -0.4 is 10.1 Å². The van der Waals surface area contributed by atoms with Crippen LogP contribution in [0, 0.1) is 0 Å². The van der Waals surface area contributed by atoms with E-state index in [9.17, 15) is 13.2 Å². The van der Waals surface area contributed by atoms with Crippen molar-refractivity contribution in [1.29, 1.82) is 0 Å². The zero-order valence-corrected chi connectivity index (χ0v) is 7.51. The highest BCUT2D eigenvalue weighted by Gasteiger charge is 2.35. The molecule has 0 aliphatic heterocycles. The van der Waals surface area contributed by atoms with Crippen LogP contribution in [0.5, 0.6) is 5.88 Å². The fraction of sp³-hybridized carbons (Fsp3) is 0.429. The van der Waals surface area contributed by atoms with Gasteiger partial charge in [0.25, 0.3) is 0 Å². The van der Waals surface area contributed by atoms with Crippen LogP contribution in [0.2, 0.25) is 0 Å². The van der Waals surface area contributed by atoms with Crippen LogP contribution in [-0.4, -0.2) is 24.1 Å². The fourth-order valence-electron chi connectivity index (χ4n) is 0.784. The Kier molecular flexibility index (Phi) is 2.78. The molecule has 0 atom stereocenters. The molecule has 1 N–H and O–H groups in total. The molecule has 0 amide bonds. The molecule has 0 aliphatic rings. The molecule has 1 aromatic rings. The van der Waals surface area contributed by atoms with E-state index in [4.69, 9.17) is 0 Å². The number of ether oxygens (including phenoxy) is 1. The monoisotopic (exact) mass is 207 g/mol. The van der Waals surface area contributed by atoms with Crippen LogP contribution >= 0.6 is 0 Å². The number of anilines is 1. The summed E-state index contributed by atoms with van der Waals surface area (Å²) in [7, 11) is 2.70. The molecule has 1 aromatic heterocycles. The minimum atomic E-state index is -4.57. The summed E-state index contributed by atoms with van der Waals surface area (Å²) in [6.07, 6.45) is -4.57. The molecule has 0 unspecified atom stereocenters. The van der Waals surface area contributed by atoms with Gasteiger partial charge in [-0.15, -0.1) is 0 Å².